The highest BCUT2D eigenvalue weighted by Crippen LogP contribution is 2.38. The molecule has 2 bridgehead atoms. The Hall–Kier alpha value is -1.40. The van der Waals surface area contributed by atoms with E-state index in [-0.39, 0.29) is 18.0 Å². The van der Waals surface area contributed by atoms with Crippen molar-refractivity contribution in [3.8, 4) is 0 Å². The molecule has 5 nitrogen and oxygen atoms in total. The number of nitrogens with one attached hydrogen (secondary N) is 1. The molecule has 0 aromatic heterocycles. The Morgan fingerprint density at radius 1 is 1.18 bits per heavy atom. The highest BCUT2D eigenvalue weighted by atomic mass is 32.2. The van der Waals surface area contributed by atoms with Gasteiger partial charge < -0.3 is 4.90 Å². The number of sulfonamides is 1. The number of carbonyl (C=O) groups is 1. The minimum atomic E-state index is -3.25. The number of aryl methyl sites for hydroxylation is 2. The first-order valence-corrected chi connectivity index (χ1v) is 9.48. The van der Waals surface area contributed by atoms with Gasteiger partial charge in [0.15, 0.2) is 0 Å². The summed E-state index contributed by atoms with van der Waals surface area (Å²) in [7, 11) is -3.25. The van der Waals surface area contributed by atoms with Crippen LogP contribution in [0.25, 0.3) is 0 Å². The normalized spacial score (nSPS) is 27.4. The fraction of sp³-hybridized carbons (Fsp3) is 0.562. The molecule has 1 N–H and O–H groups in total. The smallest absolute Gasteiger partial charge is 0.254 e. The number of fused-ring (bicyclic) bond motifs is 2. The third-order valence-corrected chi connectivity index (χ3v) is 5.31. The van der Waals surface area contributed by atoms with Gasteiger partial charge >= 0.3 is 0 Å². The third kappa shape index (κ3) is 3.03. The molecule has 0 radical (unpaired) electrons. The zero-order valence-corrected chi connectivity index (χ0v) is 14.0. The predicted molar refractivity (Wildman–Crippen MR) is 85.2 cm³/mol. The monoisotopic (exact) mass is 322 g/mol. The zero-order chi connectivity index (χ0) is 16.1. The Labute approximate surface area is 131 Å². The van der Waals surface area contributed by atoms with Gasteiger partial charge in [0.1, 0.15) is 0 Å². The predicted octanol–water partition coefficient (Wildman–Crippen LogP) is 1.46. The summed E-state index contributed by atoms with van der Waals surface area (Å²) in [5.74, 6) is 0.415. The minimum absolute atomic E-state index is 0.0132. The van der Waals surface area contributed by atoms with Crippen molar-refractivity contribution in [2.75, 3.05) is 12.8 Å². The van der Waals surface area contributed by atoms with E-state index in [4.69, 9.17) is 0 Å². The molecule has 1 saturated heterocycles. The van der Waals surface area contributed by atoms with E-state index in [9.17, 15) is 13.2 Å². The van der Waals surface area contributed by atoms with Crippen molar-refractivity contribution in [2.24, 2.45) is 5.92 Å². The molecule has 0 unspecified atom stereocenters. The summed E-state index contributed by atoms with van der Waals surface area (Å²) in [6.45, 7) is 4.69. The standard InChI is InChI=1S/C16H22N2O3S/c1-10-4-11(2)6-13(5-10)16(19)18-9-12-7-14(15(18)8-12)17-22(3,20)21/h4-6,12,14-15,17H,7-9H2,1-3H3/t12-,14+,15-/m1/s1. The van der Waals surface area contributed by atoms with Crippen molar-refractivity contribution in [3.05, 3.63) is 34.9 Å². The van der Waals surface area contributed by atoms with E-state index in [2.05, 4.69) is 4.72 Å². The Morgan fingerprint density at radius 3 is 2.36 bits per heavy atom. The molecule has 0 spiro atoms. The van der Waals surface area contributed by atoms with Gasteiger partial charge in [-0.25, -0.2) is 13.1 Å². The molecule has 22 heavy (non-hydrogen) atoms. The summed E-state index contributed by atoms with van der Waals surface area (Å²) < 4.78 is 25.7. The number of carbonyl (C=O) groups excluding carboxylic acids is 1. The van der Waals surface area contributed by atoms with Gasteiger partial charge in [0, 0.05) is 24.2 Å². The maximum atomic E-state index is 12.8. The van der Waals surface area contributed by atoms with E-state index in [1.807, 2.05) is 36.9 Å². The Kier molecular flexibility index (Phi) is 3.77. The van der Waals surface area contributed by atoms with Gasteiger partial charge in [-0.2, -0.15) is 0 Å². The molecular formula is C16H22N2O3S. The Morgan fingerprint density at radius 2 is 1.82 bits per heavy atom. The average Bonchev–Trinajstić information content (AvgIpc) is 2.94. The van der Waals surface area contributed by atoms with Gasteiger partial charge in [-0.1, -0.05) is 17.2 Å². The number of rotatable bonds is 3. The van der Waals surface area contributed by atoms with Crippen LogP contribution < -0.4 is 4.72 Å². The van der Waals surface area contributed by atoms with E-state index in [0.29, 0.717) is 11.5 Å². The van der Waals surface area contributed by atoms with Crippen LogP contribution >= 0.6 is 0 Å². The van der Waals surface area contributed by atoms with Crippen molar-refractivity contribution in [2.45, 2.75) is 38.8 Å². The summed E-state index contributed by atoms with van der Waals surface area (Å²) in [5.41, 5.74) is 2.83. The fourth-order valence-electron chi connectivity index (χ4n) is 3.92. The molecule has 1 aromatic carbocycles. The van der Waals surface area contributed by atoms with Gasteiger partial charge in [-0.05, 0) is 44.7 Å². The number of amides is 1. The van der Waals surface area contributed by atoms with Crippen LogP contribution in [0.3, 0.4) is 0 Å². The number of likely N-dealkylation sites (tertiary alicyclic amines) is 1. The van der Waals surface area contributed by atoms with Crippen LogP contribution in [0.2, 0.25) is 0 Å². The highest BCUT2D eigenvalue weighted by molar-refractivity contribution is 7.88. The first-order valence-electron chi connectivity index (χ1n) is 7.59. The molecule has 2 aliphatic rings. The number of benzene rings is 1. The number of hydrogen-bond acceptors (Lipinski definition) is 3. The molecule has 3 rings (SSSR count). The SMILES string of the molecule is Cc1cc(C)cc(C(=O)N2C[C@@H]3C[C@H](NS(C)(=O)=O)[C@H]2C3)c1. The van der Waals surface area contributed by atoms with Crippen LogP contribution in [0.5, 0.6) is 0 Å². The molecular weight excluding hydrogens is 300 g/mol. The van der Waals surface area contributed by atoms with Gasteiger partial charge in [0.05, 0.1) is 6.26 Å². The van der Waals surface area contributed by atoms with Crippen molar-refractivity contribution in [1.82, 2.24) is 9.62 Å². The van der Waals surface area contributed by atoms with E-state index < -0.39 is 10.0 Å². The van der Waals surface area contributed by atoms with Crippen LogP contribution in [0, 0.1) is 19.8 Å². The first kappa shape index (κ1) is 15.5. The molecule has 120 valence electrons. The molecule has 2 fully saturated rings. The molecule has 1 aliphatic heterocycles. The van der Waals surface area contributed by atoms with Gasteiger partial charge in [-0.3, -0.25) is 4.79 Å². The molecule has 6 heteroatoms. The average molecular weight is 322 g/mol. The molecule has 1 amide bonds. The number of nitrogens with zero attached hydrogens (tertiary/aromatic N) is 1. The summed E-state index contributed by atoms with van der Waals surface area (Å²) in [4.78, 5) is 14.7. The van der Waals surface area contributed by atoms with Crippen molar-refractivity contribution < 1.29 is 13.2 Å². The van der Waals surface area contributed by atoms with Crippen molar-refractivity contribution in [1.29, 1.82) is 0 Å². The third-order valence-electron chi connectivity index (χ3n) is 4.58. The lowest BCUT2D eigenvalue weighted by Crippen LogP contribution is -2.51. The summed E-state index contributed by atoms with van der Waals surface area (Å²) in [6, 6.07) is 5.68. The Bertz CT molecular complexity index is 694. The lowest BCUT2D eigenvalue weighted by molar-refractivity contribution is 0.0678. The second-order valence-electron chi connectivity index (χ2n) is 6.74. The molecule has 1 aromatic rings. The topological polar surface area (TPSA) is 66.5 Å². The van der Waals surface area contributed by atoms with E-state index in [1.54, 1.807) is 0 Å². The van der Waals surface area contributed by atoms with E-state index >= 15 is 0 Å². The van der Waals surface area contributed by atoms with Gasteiger partial charge in [0.2, 0.25) is 10.0 Å². The first-order chi connectivity index (χ1) is 10.2. The van der Waals surface area contributed by atoms with Crippen LogP contribution in [0.15, 0.2) is 18.2 Å². The number of hydrogen-bond donors (Lipinski definition) is 1. The molecule has 1 heterocycles. The van der Waals surface area contributed by atoms with Crippen LogP contribution in [0.4, 0.5) is 0 Å². The fourth-order valence-corrected chi connectivity index (χ4v) is 4.73. The van der Waals surface area contributed by atoms with Crippen LogP contribution in [-0.2, 0) is 10.0 Å². The van der Waals surface area contributed by atoms with Gasteiger partial charge in [0.25, 0.3) is 5.91 Å². The summed E-state index contributed by atoms with van der Waals surface area (Å²) in [6.07, 6.45) is 2.90. The number of piperidine rings is 1. The minimum Gasteiger partial charge on any atom is -0.334 e. The maximum absolute atomic E-state index is 12.8. The van der Waals surface area contributed by atoms with Gasteiger partial charge in [-0.15, -0.1) is 0 Å². The van der Waals surface area contributed by atoms with Crippen molar-refractivity contribution >= 4 is 15.9 Å². The van der Waals surface area contributed by atoms with Crippen LogP contribution in [0.1, 0.15) is 34.3 Å². The summed E-state index contributed by atoms with van der Waals surface area (Å²) in [5, 5.41) is 0. The summed E-state index contributed by atoms with van der Waals surface area (Å²) >= 11 is 0. The van der Waals surface area contributed by atoms with E-state index in [1.165, 1.54) is 6.26 Å². The zero-order valence-electron chi connectivity index (χ0n) is 13.2. The quantitative estimate of drug-likeness (QED) is 0.916. The largest absolute Gasteiger partial charge is 0.334 e. The second-order valence-corrected chi connectivity index (χ2v) is 8.52. The lowest BCUT2D eigenvalue weighted by atomic mass is 10.0. The van der Waals surface area contributed by atoms with E-state index in [0.717, 1.165) is 30.5 Å². The molecule has 1 saturated carbocycles. The second kappa shape index (κ2) is 5.35. The Balaban J connectivity index is 1.82. The maximum Gasteiger partial charge on any atom is 0.254 e. The lowest BCUT2D eigenvalue weighted by Gasteiger charge is -2.33. The van der Waals surface area contributed by atoms with Crippen LogP contribution in [-0.4, -0.2) is 44.1 Å². The van der Waals surface area contributed by atoms with Crippen molar-refractivity contribution in [3.63, 3.8) is 0 Å². The molecule has 3 atom stereocenters. The highest BCUT2D eigenvalue weighted by Gasteiger charge is 2.47. The molecule has 1 aliphatic carbocycles.